The van der Waals surface area contributed by atoms with Gasteiger partial charge in [-0.05, 0) is 24.6 Å². The van der Waals surface area contributed by atoms with Gasteiger partial charge in [-0.15, -0.1) is 0 Å². The van der Waals surface area contributed by atoms with Crippen LogP contribution in [0.5, 0.6) is 0 Å². The number of hydrogen-bond donors (Lipinski definition) is 0. The van der Waals surface area contributed by atoms with Gasteiger partial charge in [0, 0.05) is 5.69 Å². The molecule has 0 N–H and O–H groups in total. The third kappa shape index (κ3) is 1.52. The molecule has 0 atom stereocenters. The third-order valence-corrected chi connectivity index (χ3v) is 1.89. The van der Waals surface area contributed by atoms with Gasteiger partial charge < -0.3 is 0 Å². The molecule has 0 fully saturated rings. The Morgan fingerprint density at radius 1 is 1.36 bits per heavy atom. The summed E-state index contributed by atoms with van der Waals surface area (Å²) in [5, 5.41) is 4.41. The van der Waals surface area contributed by atoms with E-state index in [-0.39, 0.29) is 5.24 Å². The molecule has 0 aliphatic heterocycles. The zero-order valence-corrected chi connectivity index (χ0v) is 7.97. The van der Waals surface area contributed by atoms with Crippen LogP contribution in [0.25, 0.3) is 0 Å². The van der Waals surface area contributed by atoms with Crippen molar-refractivity contribution in [3.8, 4) is 0 Å². The van der Waals surface area contributed by atoms with Gasteiger partial charge in [0.15, 0.2) is 0 Å². The average Bonchev–Trinajstić information content (AvgIpc) is 2.11. The summed E-state index contributed by atoms with van der Waals surface area (Å²) in [7, 11) is 6.48. The fourth-order valence-electron chi connectivity index (χ4n) is 1.17. The Morgan fingerprint density at radius 3 is 2.09 bits per heavy atom. The lowest BCUT2D eigenvalue weighted by atomic mass is 9.49. The lowest BCUT2D eigenvalue weighted by Gasteiger charge is -2.21. The van der Waals surface area contributed by atoms with Crippen molar-refractivity contribution in [3.05, 3.63) is 17.5 Å². The van der Waals surface area contributed by atoms with Gasteiger partial charge in [0.05, 0.1) is 6.20 Å². The highest BCUT2D eigenvalue weighted by atomic mass is 15.3. The molecule has 56 valence electrons. The predicted octanol–water partition coefficient (Wildman–Crippen LogP) is -2.03. The largest absolute Gasteiger partial charge is 0.287 e. The van der Waals surface area contributed by atoms with Gasteiger partial charge in [0.2, 0.25) is 0 Å². The van der Waals surface area contributed by atoms with Gasteiger partial charge >= 0.3 is 0 Å². The minimum absolute atomic E-state index is 0.109. The second-order valence-corrected chi connectivity index (χ2v) is 4.00. The highest BCUT2D eigenvalue weighted by Crippen LogP contribution is 2.09. The van der Waals surface area contributed by atoms with Crippen molar-refractivity contribution in [3.63, 3.8) is 0 Å². The SMILES string of the molecule is BC(B)(B)n1ncc(C)c1C. The van der Waals surface area contributed by atoms with Crippen LogP contribution in [-0.2, 0) is 5.24 Å². The maximum absolute atomic E-state index is 4.30. The Morgan fingerprint density at radius 2 is 1.91 bits per heavy atom. The van der Waals surface area contributed by atoms with E-state index >= 15 is 0 Å². The second-order valence-electron chi connectivity index (χ2n) is 4.00. The van der Waals surface area contributed by atoms with Gasteiger partial charge in [-0.25, -0.2) is 0 Å². The molecule has 11 heavy (non-hydrogen) atoms. The van der Waals surface area contributed by atoms with Crippen molar-refractivity contribution in [2.75, 3.05) is 0 Å². The third-order valence-electron chi connectivity index (χ3n) is 1.89. The zero-order chi connectivity index (χ0) is 8.65. The average molecular weight is 146 g/mol. The summed E-state index contributed by atoms with van der Waals surface area (Å²) in [4.78, 5) is 0. The molecule has 0 saturated carbocycles. The van der Waals surface area contributed by atoms with Crippen LogP contribution in [-0.4, -0.2) is 33.3 Å². The fourth-order valence-corrected chi connectivity index (χ4v) is 1.17. The summed E-state index contributed by atoms with van der Waals surface area (Å²) in [5.41, 5.74) is 2.53. The molecule has 0 amide bonds. The van der Waals surface area contributed by atoms with Gasteiger partial charge in [-0.1, -0.05) is 0 Å². The summed E-state index contributed by atoms with van der Waals surface area (Å²) in [6.45, 7) is 4.19. The molecule has 0 bridgehead atoms. The number of aryl methyl sites for hydroxylation is 1. The fraction of sp³-hybridized carbons (Fsp3) is 0.500. The summed E-state index contributed by atoms with van der Waals surface area (Å²) in [6, 6.07) is 0. The van der Waals surface area contributed by atoms with Crippen molar-refractivity contribution < 1.29 is 0 Å². The summed E-state index contributed by atoms with van der Waals surface area (Å²) in [6.07, 6.45) is 1.92. The lowest BCUT2D eigenvalue weighted by molar-refractivity contribution is 0.649. The molecule has 1 aromatic heterocycles. The lowest BCUT2D eigenvalue weighted by Crippen LogP contribution is -2.36. The van der Waals surface area contributed by atoms with E-state index in [0.717, 1.165) is 0 Å². The highest BCUT2D eigenvalue weighted by molar-refractivity contribution is 6.56. The van der Waals surface area contributed by atoms with Crippen LogP contribution in [0.4, 0.5) is 0 Å². The van der Waals surface area contributed by atoms with Crippen LogP contribution < -0.4 is 0 Å². The molecule has 0 spiro atoms. The molecular formula is C6H13B3N2. The molecule has 0 unspecified atom stereocenters. The molecule has 1 rings (SSSR count). The van der Waals surface area contributed by atoms with E-state index in [0.29, 0.717) is 0 Å². The summed E-state index contributed by atoms with van der Waals surface area (Å²) in [5.74, 6) is 0. The van der Waals surface area contributed by atoms with Crippen LogP contribution in [0.15, 0.2) is 6.20 Å². The van der Waals surface area contributed by atoms with E-state index in [4.69, 9.17) is 0 Å². The van der Waals surface area contributed by atoms with Crippen LogP contribution >= 0.6 is 0 Å². The minimum Gasteiger partial charge on any atom is -0.287 e. The van der Waals surface area contributed by atoms with Crippen LogP contribution in [0.3, 0.4) is 0 Å². The number of nitrogens with zero attached hydrogens (tertiary/aromatic N) is 2. The van der Waals surface area contributed by atoms with Crippen molar-refractivity contribution in [2.45, 2.75) is 19.1 Å². The van der Waals surface area contributed by atoms with E-state index in [1.807, 2.05) is 6.20 Å². The highest BCUT2D eigenvalue weighted by Gasteiger charge is 2.16. The molecule has 0 aliphatic carbocycles. The van der Waals surface area contributed by atoms with E-state index in [1.165, 1.54) is 11.3 Å². The van der Waals surface area contributed by atoms with Crippen LogP contribution in [0, 0.1) is 13.8 Å². The molecular weight excluding hydrogens is 133 g/mol. The van der Waals surface area contributed by atoms with Crippen LogP contribution in [0.2, 0.25) is 0 Å². The van der Waals surface area contributed by atoms with Gasteiger partial charge in [0.25, 0.3) is 0 Å². The first-order chi connectivity index (χ1) is 4.93. The molecule has 1 heterocycles. The first-order valence-corrected chi connectivity index (χ1v) is 3.94. The molecule has 2 nitrogen and oxygen atoms in total. The first-order valence-electron chi connectivity index (χ1n) is 3.94. The summed E-state index contributed by atoms with van der Waals surface area (Å²) < 4.78 is 2.06. The van der Waals surface area contributed by atoms with E-state index in [2.05, 4.69) is 47.2 Å². The molecule has 0 saturated heterocycles. The topological polar surface area (TPSA) is 17.8 Å². The first kappa shape index (κ1) is 8.50. The smallest absolute Gasteiger partial charge is 0.116 e. The molecule has 1 aromatic rings. The zero-order valence-electron chi connectivity index (χ0n) is 7.97. The second kappa shape index (κ2) is 2.47. The van der Waals surface area contributed by atoms with Crippen molar-refractivity contribution >= 4 is 23.5 Å². The Labute approximate surface area is 70.6 Å². The Hall–Kier alpha value is -0.595. The van der Waals surface area contributed by atoms with E-state index < -0.39 is 0 Å². The standard InChI is InChI=1S/C6H13B3N2/c1-4-3-10-11(5(4)2)6(7,8)9/h3H,7-9H2,1-2H3. The van der Waals surface area contributed by atoms with E-state index in [1.54, 1.807) is 0 Å². The molecule has 5 heteroatoms. The number of rotatable bonds is 1. The summed E-state index contributed by atoms with van der Waals surface area (Å²) >= 11 is 0. The maximum atomic E-state index is 4.30. The number of aromatic nitrogens is 2. The van der Waals surface area contributed by atoms with Gasteiger partial charge in [-0.3, -0.25) is 4.68 Å². The van der Waals surface area contributed by atoms with Crippen molar-refractivity contribution in [2.24, 2.45) is 0 Å². The Kier molecular flexibility index (Phi) is 1.91. The van der Waals surface area contributed by atoms with Gasteiger partial charge in [0.1, 0.15) is 23.5 Å². The minimum atomic E-state index is 0.109. The molecule has 0 aliphatic rings. The quantitative estimate of drug-likeness (QED) is 0.417. The monoisotopic (exact) mass is 146 g/mol. The van der Waals surface area contributed by atoms with Crippen molar-refractivity contribution in [1.82, 2.24) is 9.78 Å². The predicted molar refractivity (Wildman–Crippen MR) is 55.3 cm³/mol. The Bertz CT molecular complexity index is 261. The molecule has 0 aromatic carbocycles. The normalized spacial score (nSPS) is 11.8. The number of hydrogen-bond acceptors (Lipinski definition) is 1. The maximum Gasteiger partial charge on any atom is 0.116 e. The molecule has 0 radical (unpaired) electrons. The van der Waals surface area contributed by atoms with Gasteiger partial charge in [-0.2, -0.15) is 5.10 Å². The van der Waals surface area contributed by atoms with Crippen molar-refractivity contribution in [1.29, 1.82) is 0 Å². The van der Waals surface area contributed by atoms with Crippen LogP contribution in [0.1, 0.15) is 11.3 Å². The van der Waals surface area contributed by atoms with E-state index in [9.17, 15) is 0 Å². The Balaban J connectivity index is 3.15.